The van der Waals surface area contributed by atoms with Crippen LogP contribution >= 0.6 is 0 Å². The van der Waals surface area contributed by atoms with E-state index in [0.717, 1.165) is 17.5 Å². The molecule has 1 aromatic rings. The maximum atomic E-state index is 13.0. The molecule has 1 aromatic carbocycles. The average Bonchev–Trinajstić information content (AvgIpc) is 3.15. The Bertz CT molecular complexity index is 746. The zero-order chi connectivity index (χ0) is 18.7. The molecule has 1 aliphatic heterocycles. The topological polar surface area (TPSA) is 57.7 Å². The molecule has 2 fully saturated rings. The monoisotopic (exact) mass is 378 g/mol. The van der Waals surface area contributed by atoms with Gasteiger partial charge in [0, 0.05) is 32.6 Å². The minimum atomic E-state index is -3.49. The van der Waals surface area contributed by atoms with E-state index < -0.39 is 10.0 Å². The van der Waals surface area contributed by atoms with Crippen LogP contribution in [0.1, 0.15) is 49.7 Å². The number of rotatable bonds is 5. The Labute approximate surface area is 157 Å². The van der Waals surface area contributed by atoms with Crippen LogP contribution in [0, 0.1) is 19.8 Å². The number of hydrogen-bond acceptors (Lipinski definition) is 3. The summed E-state index contributed by atoms with van der Waals surface area (Å²) in [5.41, 5.74) is 1.71. The maximum absolute atomic E-state index is 13.0. The van der Waals surface area contributed by atoms with Gasteiger partial charge in [-0.2, -0.15) is 4.31 Å². The molecule has 1 amide bonds. The molecule has 0 atom stereocenters. The lowest BCUT2D eigenvalue weighted by Crippen LogP contribution is -2.50. The molecule has 0 spiro atoms. The predicted molar refractivity (Wildman–Crippen MR) is 102 cm³/mol. The largest absolute Gasteiger partial charge is 0.340 e. The number of benzene rings is 1. The quantitative estimate of drug-likeness (QED) is 0.791. The van der Waals surface area contributed by atoms with Gasteiger partial charge in [0.1, 0.15) is 0 Å². The van der Waals surface area contributed by atoms with Crippen molar-refractivity contribution in [3.63, 3.8) is 0 Å². The van der Waals surface area contributed by atoms with E-state index in [1.54, 1.807) is 6.07 Å². The highest BCUT2D eigenvalue weighted by Gasteiger charge is 2.31. The molecule has 5 nitrogen and oxygen atoms in total. The van der Waals surface area contributed by atoms with Crippen LogP contribution in [0.2, 0.25) is 0 Å². The highest BCUT2D eigenvalue weighted by Crippen LogP contribution is 2.29. The molecule has 0 radical (unpaired) electrons. The van der Waals surface area contributed by atoms with Gasteiger partial charge in [-0.05, 0) is 43.4 Å². The van der Waals surface area contributed by atoms with Crippen LogP contribution in [0.4, 0.5) is 0 Å². The zero-order valence-electron chi connectivity index (χ0n) is 15.9. The molecular weight excluding hydrogens is 348 g/mol. The highest BCUT2D eigenvalue weighted by molar-refractivity contribution is 7.89. The fourth-order valence-corrected chi connectivity index (χ4v) is 5.82. The fourth-order valence-electron chi connectivity index (χ4n) is 4.09. The average molecular weight is 379 g/mol. The van der Waals surface area contributed by atoms with E-state index in [1.165, 1.54) is 30.0 Å². The third-order valence-electron chi connectivity index (χ3n) is 5.79. The lowest BCUT2D eigenvalue weighted by Gasteiger charge is -2.34. The molecule has 3 rings (SSSR count). The molecule has 0 bridgehead atoms. The van der Waals surface area contributed by atoms with Gasteiger partial charge >= 0.3 is 0 Å². The Morgan fingerprint density at radius 2 is 1.73 bits per heavy atom. The summed E-state index contributed by atoms with van der Waals surface area (Å²) in [7, 11) is -3.49. The van der Waals surface area contributed by atoms with E-state index in [-0.39, 0.29) is 5.91 Å². The summed E-state index contributed by atoms with van der Waals surface area (Å²) in [6.45, 7) is 5.48. The second kappa shape index (κ2) is 8.09. The van der Waals surface area contributed by atoms with E-state index in [4.69, 9.17) is 0 Å². The molecule has 1 saturated carbocycles. The van der Waals surface area contributed by atoms with Crippen molar-refractivity contribution < 1.29 is 13.2 Å². The van der Waals surface area contributed by atoms with Gasteiger partial charge in [-0.15, -0.1) is 0 Å². The Morgan fingerprint density at radius 3 is 2.38 bits per heavy atom. The standard InChI is InChI=1S/C20H30N2O3S/c1-16-7-8-17(2)19(15-16)26(24,25)22-13-11-21(12-14-22)20(23)10-9-18-5-3-4-6-18/h7-8,15,18H,3-6,9-14H2,1-2H3. The van der Waals surface area contributed by atoms with E-state index in [2.05, 4.69) is 0 Å². The van der Waals surface area contributed by atoms with Crippen molar-refractivity contribution in [1.29, 1.82) is 0 Å². The normalized spacial score (nSPS) is 19.8. The van der Waals surface area contributed by atoms with Gasteiger partial charge in [0.15, 0.2) is 0 Å². The van der Waals surface area contributed by atoms with Crippen LogP contribution in [-0.2, 0) is 14.8 Å². The molecule has 144 valence electrons. The number of carbonyl (C=O) groups is 1. The third-order valence-corrected chi connectivity index (χ3v) is 7.83. The molecule has 26 heavy (non-hydrogen) atoms. The van der Waals surface area contributed by atoms with Gasteiger partial charge in [-0.25, -0.2) is 8.42 Å². The minimum Gasteiger partial charge on any atom is -0.340 e. The van der Waals surface area contributed by atoms with Crippen LogP contribution in [-0.4, -0.2) is 49.7 Å². The van der Waals surface area contributed by atoms with Crippen molar-refractivity contribution in [3.8, 4) is 0 Å². The molecule has 6 heteroatoms. The number of amides is 1. The second-order valence-electron chi connectivity index (χ2n) is 7.74. The van der Waals surface area contributed by atoms with E-state index in [0.29, 0.717) is 43.4 Å². The van der Waals surface area contributed by atoms with Crippen LogP contribution in [0.3, 0.4) is 0 Å². The van der Waals surface area contributed by atoms with Gasteiger partial charge in [0.25, 0.3) is 0 Å². The van der Waals surface area contributed by atoms with Crippen LogP contribution in [0.25, 0.3) is 0 Å². The van der Waals surface area contributed by atoms with Crippen LogP contribution < -0.4 is 0 Å². The summed E-state index contributed by atoms with van der Waals surface area (Å²) in [6, 6.07) is 5.52. The first-order valence-corrected chi connectivity index (χ1v) is 11.2. The molecule has 1 heterocycles. The van der Waals surface area contributed by atoms with Crippen molar-refractivity contribution in [2.75, 3.05) is 26.2 Å². The fraction of sp³-hybridized carbons (Fsp3) is 0.650. The molecule has 2 aliphatic rings. The Kier molecular flexibility index (Phi) is 6.03. The second-order valence-corrected chi connectivity index (χ2v) is 9.65. The number of sulfonamides is 1. The highest BCUT2D eigenvalue weighted by atomic mass is 32.2. The van der Waals surface area contributed by atoms with Gasteiger partial charge in [0.05, 0.1) is 4.90 Å². The van der Waals surface area contributed by atoms with Gasteiger partial charge in [0.2, 0.25) is 15.9 Å². The maximum Gasteiger partial charge on any atom is 0.243 e. The SMILES string of the molecule is Cc1ccc(C)c(S(=O)(=O)N2CCN(C(=O)CCC3CCCC3)CC2)c1. The minimum absolute atomic E-state index is 0.181. The lowest BCUT2D eigenvalue weighted by atomic mass is 10.0. The van der Waals surface area contributed by atoms with Gasteiger partial charge < -0.3 is 4.90 Å². The number of aryl methyl sites for hydroxylation is 2. The lowest BCUT2D eigenvalue weighted by molar-refractivity contribution is -0.132. The molecule has 1 saturated heterocycles. The smallest absolute Gasteiger partial charge is 0.243 e. The Hall–Kier alpha value is -1.40. The Morgan fingerprint density at radius 1 is 1.08 bits per heavy atom. The first kappa shape index (κ1) is 19.4. The summed E-state index contributed by atoms with van der Waals surface area (Å²) in [6.07, 6.45) is 6.71. The number of piperazine rings is 1. The molecule has 1 aliphatic carbocycles. The van der Waals surface area contributed by atoms with Gasteiger partial charge in [-0.1, -0.05) is 37.8 Å². The van der Waals surface area contributed by atoms with Crippen LogP contribution in [0.5, 0.6) is 0 Å². The zero-order valence-corrected chi connectivity index (χ0v) is 16.7. The number of nitrogens with zero attached hydrogens (tertiary/aromatic N) is 2. The third kappa shape index (κ3) is 4.29. The van der Waals surface area contributed by atoms with Crippen molar-refractivity contribution in [1.82, 2.24) is 9.21 Å². The van der Waals surface area contributed by atoms with E-state index in [9.17, 15) is 13.2 Å². The van der Waals surface area contributed by atoms with Gasteiger partial charge in [-0.3, -0.25) is 4.79 Å². The van der Waals surface area contributed by atoms with Crippen molar-refractivity contribution in [2.45, 2.75) is 57.3 Å². The molecule has 0 aromatic heterocycles. The van der Waals surface area contributed by atoms with Crippen molar-refractivity contribution in [3.05, 3.63) is 29.3 Å². The molecule has 0 N–H and O–H groups in total. The Balaban J connectivity index is 1.57. The predicted octanol–water partition coefficient (Wildman–Crippen LogP) is 3.11. The van der Waals surface area contributed by atoms with Crippen molar-refractivity contribution in [2.24, 2.45) is 5.92 Å². The van der Waals surface area contributed by atoms with E-state index >= 15 is 0 Å². The first-order chi connectivity index (χ1) is 12.4. The summed E-state index contributed by atoms with van der Waals surface area (Å²) in [4.78, 5) is 14.7. The van der Waals surface area contributed by atoms with Crippen LogP contribution in [0.15, 0.2) is 23.1 Å². The summed E-state index contributed by atoms with van der Waals surface area (Å²) in [5, 5.41) is 0. The molecule has 0 unspecified atom stereocenters. The molecular formula is C20H30N2O3S. The summed E-state index contributed by atoms with van der Waals surface area (Å²) < 4.78 is 27.4. The van der Waals surface area contributed by atoms with Crippen molar-refractivity contribution >= 4 is 15.9 Å². The number of hydrogen-bond donors (Lipinski definition) is 0. The summed E-state index contributed by atoms with van der Waals surface area (Å²) >= 11 is 0. The van der Waals surface area contributed by atoms with E-state index in [1.807, 2.05) is 30.9 Å². The summed E-state index contributed by atoms with van der Waals surface area (Å²) in [5.74, 6) is 0.894. The number of carbonyl (C=O) groups excluding carboxylic acids is 1. The first-order valence-electron chi connectivity index (χ1n) is 9.73.